The molecule has 1 heterocycles. The summed E-state index contributed by atoms with van der Waals surface area (Å²) in [5.74, 6) is 0.887. The molecule has 0 saturated heterocycles. The Labute approximate surface area is 139 Å². The molecule has 4 heteroatoms. The van der Waals surface area contributed by atoms with Crippen molar-refractivity contribution in [3.8, 4) is 5.75 Å². The number of fused-ring (bicyclic) bond motifs is 1. The van der Waals surface area contributed by atoms with Crippen molar-refractivity contribution in [1.82, 2.24) is 15.2 Å². The summed E-state index contributed by atoms with van der Waals surface area (Å²) in [6.07, 6.45) is 4.18. The Morgan fingerprint density at radius 2 is 1.96 bits per heavy atom. The van der Waals surface area contributed by atoms with E-state index in [2.05, 4.69) is 36.0 Å². The van der Waals surface area contributed by atoms with Gasteiger partial charge >= 0.3 is 0 Å². The predicted octanol–water partition coefficient (Wildman–Crippen LogP) is 3.67. The number of para-hydroxylation sites is 1. The maximum absolute atomic E-state index is 5.90. The van der Waals surface area contributed by atoms with Crippen molar-refractivity contribution in [2.24, 2.45) is 0 Å². The number of benzene rings is 1. The fourth-order valence-corrected chi connectivity index (χ4v) is 2.72. The molecular formula is C19H29N3O. The Kier molecular flexibility index (Phi) is 7.30. The molecule has 0 bridgehead atoms. The van der Waals surface area contributed by atoms with Crippen molar-refractivity contribution in [3.05, 3.63) is 36.5 Å². The lowest BCUT2D eigenvalue weighted by Crippen LogP contribution is -2.31. The Morgan fingerprint density at radius 3 is 2.74 bits per heavy atom. The monoisotopic (exact) mass is 315 g/mol. The summed E-state index contributed by atoms with van der Waals surface area (Å²) in [5, 5.41) is 4.51. The van der Waals surface area contributed by atoms with E-state index in [0.717, 1.165) is 36.2 Å². The summed E-state index contributed by atoms with van der Waals surface area (Å²) in [7, 11) is 0. The van der Waals surface area contributed by atoms with Gasteiger partial charge < -0.3 is 9.64 Å². The average Bonchev–Trinajstić information content (AvgIpc) is 2.59. The van der Waals surface area contributed by atoms with Gasteiger partial charge in [0.15, 0.2) is 0 Å². The number of hydrogen-bond acceptors (Lipinski definition) is 4. The third kappa shape index (κ3) is 5.48. The number of aromatic nitrogens is 1. The van der Waals surface area contributed by atoms with E-state index in [1.807, 2.05) is 30.3 Å². The maximum Gasteiger partial charge on any atom is 0.139 e. The highest BCUT2D eigenvalue weighted by atomic mass is 16.5. The van der Waals surface area contributed by atoms with Gasteiger partial charge in [0.1, 0.15) is 12.5 Å². The number of ether oxygens (including phenoxy) is 1. The summed E-state index contributed by atoms with van der Waals surface area (Å²) in [5.41, 5.74) is 0.970. The predicted molar refractivity (Wildman–Crippen MR) is 96.9 cm³/mol. The Balaban J connectivity index is 1.73. The molecule has 1 aromatic carbocycles. The highest BCUT2D eigenvalue weighted by Crippen LogP contribution is 2.22. The minimum atomic E-state index is 0.457. The molecule has 2 rings (SSSR count). The van der Waals surface area contributed by atoms with Crippen LogP contribution in [0.15, 0.2) is 36.5 Å². The molecule has 4 nitrogen and oxygen atoms in total. The molecule has 0 radical (unpaired) electrons. The van der Waals surface area contributed by atoms with Crippen LogP contribution in [0.4, 0.5) is 0 Å². The minimum absolute atomic E-state index is 0.457. The van der Waals surface area contributed by atoms with Crippen LogP contribution < -0.4 is 10.1 Å². The van der Waals surface area contributed by atoms with Crippen molar-refractivity contribution < 1.29 is 4.74 Å². The Hall–Kier alpha value is -1.65. The van der Waals surface area contributed by atoms with E-state index in [9.17, 15) is 0 Å². The molecule has 0 amide bonds. The van der Waals surface area contributed by atoms with Gasteiger partial charge in [0.25, 0.3) is 0 Å². The molecule has 2 aromatic rings. The van der Waals surface area contributed by atoms with Gasteiger partial charge in [0, 0.05) is 17.6 Å². The van der Waals surface area contributed by atoms with Crippen LogP contribution in [-0.4, -0.2) is 42.3 Å². The van der Waals surface area contributed by atoms with E-state index >= 15 is 0 Å². The Bertz CT molecular complexity index is 578. The highest BCUT2D eigenvalue weighted by Gasteiger charge is 2.05. The zero-order valence-corrected chi connectivity index (χ0v) is 14.6. The van der Waals surface area contributed by atoms with Gasteiger partial charge in [0.05, 0.1) is 5.52 Å². The van der Waals surface area contributed by atoms with Crippen LogP contribution in [0.3, 0.4) is 0 Å². The molecule has 0 spiro atoms. The van der Waals surface area contributed by atoms with E-state index in [-0.39, 0.29) is 0 Å². The lowest BCUT2D eigenvalue weighted by Gasteiger charge is -2.20. The van der Waals surface area contributed by atoms with Crippen molar-refractivity contribution in [2.75, 3.05) is 26.4 Å². The summed E-state index contributed by atoms with van der Waals surface area (Å²) in [6.45, 7) is 10.6. The van der Waals surface area contributed by atoms with Crippen LogP contribution in [0.5, 0.6) is 5.75 Å². The standard InChI is InChI=1S/C19H29N3O/c1-4-22(5-2)14-8-9-16(3)21-15-23-19-12-13-20-18-11-7-6-10-17(18)19/h6-7,10-13,16,21H,4-5,8-9,14-15H2,1-3H3. The second-order valence-electron chi connectivity index (χ2n) is 5.89. The van der Waals surface area contributed by atoms with Gasteiger partial charge in [-0.15, -0.1) is 0 Å². The van der Waals surface area contributed by atoms with Crippen molar-refractivity contribution in [2.45, 2.75) is 39.7 Å². The molecule has 1 atom stereocenters. The smallest absolute Gasteiger partial charge is 0.139 e. The van der Waals surface area contributed by atoms with Crippen LogP contribution in [0.1, 0.15) is 33.6 Å². The third-order valence-corrected chi connectivity index (χ3v) is 4.27. The average molecular weight is 315 g/mol. The van der Waals surface area contributed by atoms with Crippen LogP contribution in [0, 0.1) is 0 Å². The lowest BCUT2D eigenvalue weighted by atomic mass is 10.2. The molecule has 0 aliphatic carbocycles. The highest BCUT2D eigenvalue weighted by molar-refractivity contribution is 5.84. The van der Waals surface area contributed by atoms with Gasteiger partial charge in [-0.05, 0) is 57.6 Å². The molecule has 0 fully saturated rings. The lowest BCUT2D eigenvalue weighted by molar-refractivity contribution is 0.254. The second kappa shape index (κ2) is 9.48. The zero-order valence-electron chi connectivity index (χ0n) is 14.6. The van der Waals surface area contributed by atoms with Crippen LogP contribution >= 0.6 is 0 Å². The summed E-state index contributed by atoms with van der Waals surface area (Å²) in [4.78, 5) is 6.82. The molecule has 23 heavy (non-hydrogen) atoms. The molecule has 1 unspecified atom stereocenters. The normalized spacial score (nSPS) is 12.7. The number of nitrogens with zero attached hydrogens (tertiary/aromatic N) is 2. The summed E-state index contributed by atoms with van der Waals surface area (Å²) >= 11 is 0. The SMILES string of the molecule is CCN(CC)CCCC(C)NCOc1ccnc2ccccc12. The number of pyridine rings is 1. The third-order valence-electron chi connectivity index (χ3n) is 4.27. The van der Waals surface area contributed by atoms with E-state index in [4.69, 9.17) is 4.74 Å². The first-order valence-corrected chi connectivity index (χ1v) is 8.66. The minimum Gasteiger partial charge on any atom is -0.478 e. The quantitative estimate of drug-likeness (QED) is 0.679. The fraction of sp³-hybridized carbons (Fsp3) is 0.526. The summed E-state index contributed by atoms with van der Waals surface area (Å²) < 4.78 is 5.90. The zero-order chi connectivity index (χ0) is 16.5. The number of nitrogens with one attached hydrogen (secondary N) is 1. The van der Waals surface area contributed by atoms with E-state index in [1.165, 1.54) is 13.0 Å². The fourth-order valence-electron chi connectivity index (χ4n) is 2.72. The topological polar surface area (TPSA) is 37.4 Å². The van der Waals surface area contributed by atoms with Crippen LogP contribution in [0.2, 0.25) is 0 Å². The second-order valence-corrected chi connectivity index (χ2v) is 5.89. The molecule has 1 aromatic heterocycles. The maximum atomic E-state index is 5.90. The van der Waals surface area contributed by atoms with E-state index in [1.54, 1.807) is 6.20 Å². The first-order chi connectivity index (χ1) is 11.2. The largest absolute Gasteiger partial charge is 0.478 e. The first kappa shape index (κ1) is 17.7. The van der Waals surface area contributed by atoms with Gasteiger partial charge in [-0.3, -0.25) is 10.3 Å². The number of hydrogen-bond donors (Lipinski definition) is 1. The molecule has 126 valence electrons. The van der Waals surface area contributed by atoms with Crippen molar-refractivity contribution in [3.63, 3.8) is 0 Å². The van der Waals surface area contributed by atoms with Crippen molar-refractivity contribution >= 4 is 10.9 Å². The first-order valence-electron chi connectivity index (χ1n) is 8.66. The molecule has 1 N–H and O–H groups in total. The van der Waals surface area contributed by atoms with E-state index < -0.39 is 0 Å². The Morgan fingerprint density at radius 1 is 1.17 bits per heavy atom. The molecule has 0 saturated carbocycles. The van der Waals surface area contributed by atoms with Crippen molar-refractivity contribution in [1.29, 1.82) is 0 Å². The molecular weight excluding hydrogens is 286 g/mol. The van der Waals surface area contributed by atoms with Crippen LogP contribution in [0.25, 0.3) is 10.9 Å². The van der Waals surface area contributed by atoms with Gasteiger partial charge in [-0.1, -0.05) is 26.0 Å². The van der Waals surface area contributed by atoms with Crippen LogP contribution in [-0.2, 0) is 0 Å². The van der Waals surface area contributed by atoms with Gasteiger partial charge in [0.2, 0.25) is 0 Å². The van der Waals surface area contributed by atoms with Gasteiger partial charge in [-0.2, -0.15) is 0 Å². The number of rotatable bonds is 10. The molecule has 0 aliphatic heterocycles. The van der Waals surface area contributed by atoms with E-state index in [0.29, 0.717) is 12.8 Å². The molecule has 0 aliphatic rings. The van der Waals surface area contributed by atoms with Gasteiger partial charge in [-0.25, -0.2) is 0 Å². The summed E-state index contributed by atoms with van der Waals surface area (Å²) in [6, 6.07) is 10.4.